The van der Waals surface area contributed by atoms with Gasteiger partial charge in [0.05, 0.1) is 19.6 Å². The number of esters is 2. The van der Waals surface area contributed by atoms with Crippen LogP contribution in [0.25, 0.3) is 6.08 Å². The van der Waals surface area contributed by atoms with Gasteiger partial charge in [-0.25, -0.2) is 4.79 Å². The quantitative estimate of drug-likeness (QED) is 0.125. The van der Waals surface area contributed by atoms with E-state index in [0.29, 0.717) is 11.5 Å². The first kappa shape index (κ1) is 27.2. The van der Waals surface area contributed by atoms with E-state index in [9.17, 15) is 14.4 Å². The highest BCUT2D eigenvalue weighted by Gasteiger charge is 2.68. The highest BCUT2D eigenvalue weighted by atomic mass is 16.6. The maximum Gasteiger partial charge on any atom is 0.379 e. The van der Waals surface area contributed by atoms with Crippen molar-refractivity contribution in [1.29, 1.82) is 0 Å². The lowest BCUT2D eigenvalue weighted by Gasteiger charge is -2.20. The summed E-state index contributed by atoms with van der Waals surface area (Å²) in [6.07, 6.45) is 10.4. The SMILES string of the molecule is CCCCC1(C(=O)OCCOC(=O)C(=O)C=CC=Cc2cc(OC)ccc2OC)CC1(C)CC. The zero-order chi connectivity index (χ0) is 25.2. The van der Waals surface area contributed by atoms with Crippen molar-refractivity contribution in [1.82, 2.24) is 0 Å². The van der Waals surface area contributed by atoms with Gasteiger partial charge in [-0.2, -0.15) is 0 Å². The predicted octanol–water partition coefficient (Wildman–Crippen LogP) is 4.93. The Hall–Kier alpha value is -3.09. The smallest absolute Gasteiger partial charge is 0.379 e. The van der Waals surface area contributed by atoms with Crippen LogP contribution in [0, 0.1) is 10.8 Å². The molecular formula is C27H36O7. The Labute approximate surface area is 202 Å². The number of methoxy groups -OCH3 is 2. The van der Waals surface area contributed by atoms with Crippen LogP contribution in [0.2, 0.25) is 0 Å². The third kappa shape index (κ3) is 6.49. The zero-order valence-electron chi connectivity index (χ0n) is 20.8. The van der Waals surface area contributed by atoms with Gasteiger partial charge in [0.25, 0.3) is 5.78 Å². The van der Waals surface area contributed by atoms with E-state index in [0.717, 1.165) is 43.7 Å². The summed E-state index contributed by atoms with van der Waals surface area (Å²) in [4.78, 5) is 36.6. The molecule has 7 nitrogen and oxygen atoms in total. The van der Waals surface area contributed by atoms with Crippen molar-refractivity contribution in [3.63, 3.8) is 0 Å². The largest absolute Gasteiger partial charge is 0.497 e. The summed E-state index contributed by atoms with van der Waals surface area (Å²) < 4.78 is 20.8. The molecular weight excluding hydrogens is 436 g/mol. The van der Waals surface area contributed by atoms with E-state index in [1.54, 1.807) is 44.6 Å². The van der Waals surface area contributed by atoms with Crippen molar-refractivity contribution in [3.8, 4) is 11.5 Å². The lowest BCUT2D eigenvalue weighted by Crippen LogP contribution is -2.27. The van der Waals surface area contributed by atoms with Crippen molar-refractivity contribution in [2.75, 3.05) is 27.4 Å². The van der Waals surface area contributed by atoms with Crippen LogP contribution >= 0.6 is 0 Å². The van der Waals surface area contributed by atoms with Gasteiger partial charge in [-0.05, 0) is 49.0 Å². The van der Waals surface area contributed by atoms with Crippen LogP contribution in [-0.2, 0) is 23.9 Å². The standard InChI is InChI=1S/C27H36O7/c1-6-8-15-27(19-26(27,3)7-2)25(30)34-17-16-33-24(29)22(28)12-10-9-11-20-18-21(31-4)13-14-23(20)32-5/h9-14,18H,6-8,15-17,19H2,1-5H3. The molecule has 186 valence electrons. The third-order valence-corrected chi connectivity index (χ3v) is 6.67. The van der Waals surface area contributed by atoms with Gasteiger partial charge in [0.15, 0.2) is 0 Å². The summed E-state index contributed by atoms with van der Waals surface area (Å²) in [6.45, 7) is 6.08. The number of carbonyl (C=O) groups is 3. The lowest BCUT2D eigenvalue weighted by atomic mass is 9.87. The fourth-order valence-electron chi connectivity index (χ4n) is 4.19. The number of allylic oxidation sites excluding steroid dienone is 2. The molecule has 0 heterocycles. The minimum Gasteiger partial charge on any atom is -0.497 e. The van der Waals surface area contributed by atoms with E-state index >= 15 is 0 Å². The average Bonchev–Trinajstić information content (AvgIpc) is 3.48. The minimum atomic E-state index is -0.995. The first-order valence-electron chi connectivity index (χ1n) is 11.7. The lowest BCUT2D eigenvalue weighted by molar-refractivity contribution is -0.159. The van der Waals surface area contributed by atoms with Gasteiger partial charge in [-0.1, -0.05) is 51.8 Å². The van der Waals surface area contributed by atoms with E-state index in [2.05, 4.69) is 20.8 Å². The van der Waals surface area contributed by atoms with Crippen LogP contribution < -0.4 is 9.47 Å². The second-order valence-electron chi connectivity index (χ2n) is 8.74. The third-order valence-electron chi connectivity index (χ3n) is 6.67. The second kappa shape index (κ2) is 12.4. The molecule has 0 spiro atoms. The Morgan fingerprint density at radius 1 is 1.03 bits per heavy atom. The molecule has 2 atom stereocenters. The molecule has 1 aliphatic rings. The number of ketones is 1. The normalized spacial score (nSPS) is 21.4. The van der Waals surface area contributed by atoms with Crippen molar-refractivity contribution in [2.45, 2.75) is 52.9 Å². The molecule has 0 N–H and O–H groups in total. The highest BCUT2D eigenvalue weighted by molar-refractivity contribution is 6.38. The highest BCUT2D eigenvalue weighted by Crippen LogP contribution is 2.68. The van der Waals surface area contributed by atoms with Gasteiger partial charge >= 0.3 is 11.9 Å². The summed E-state index contributed by atoms with van der Waals surface area (Å²) in [7, 11) is 3.13. The summed E-state index contributed by atoms with van der Waals surface area (Å²) in [5, 5.41) is 0. The molecule has 1 aliphatic carbocycles. The fourth-order valence-corrected chi connectivity index (χ4v) is 4.19. The zero-order valence-corrected chi connectivity index (χ0v) is 20.8. The first-order valence-corrected chi connectivity index (χ1v) is 11.7. The van der Waals surface area contributed by atoms with Crippen molar-refractivity contribution in [2.24, 2.45) is 10.8 Å². The molecule has 7 heteroatoms. The Bertz CT molecular complexity index is 933. The van der Waals surface area contributed by atoms with Crippen LogP contribution in [0.3, 0.4) is 0 Å². The number of hydrogen-bond acceptors (Lipinski definition) is 7. The van der Waals surface area contributed by atoms with Gasteiger partial charge in [-0.15, -0.1) is 0 Å². The predicted molar refractivity (Wildman–Crippen MR) is 130 cm³/mol. The van der Waals surface area contributed by atoms with Gasteiger partial charge in [0.2, 0.25) is 0 Å². The first-order chi connectivity index (χ1) is 16.3. The molecule has 1 fully saturated rings. The molecule has 0 radical (unpaired) electrons. The number of rotatable bonds is 14. The number of benzene rings is 1. The van der Waals surface area contributed by atoms with Crippen molar-refractivity contribution >= 4 is 23.8 Å². The summed E-state index contributed by atoms with van der Waals surface area (Å²) in [5.41, 5.74) is 0.298. The van der Waals surface area contributed by atoms with Crippen LogP contribution in [0.15, 0.2) is 36.4 Å². The topological polar surface area (TPSA) is 88.1 Å². The fraction of sp³-hybridized carbons (Fsp3) is 0.519. The molecule has 0 aromatic heterocycles. The van der Waals surface area contributed by atoms with Crippen LogP contribution in [0.5, 0.6) is 11.5 Å². The number of ether oxygens (including phenoxy) is 4. The van der Waals surface area contributed by atoms with Crippen LogP contribution in [-0.4, -0.2) is 45.2 Å². The van der Waals surface area contributed by atoms with Crippen LogP contribution in [0.4, 0.5) is 0 Å². The number of unbranched alkanes of at least 4 members (excludes halogenated alkanes) is 1. The van der Waals surface area contributed by atoms with Gasteiger partial charge in [0, 0.05) is 5.56 Å². The summed E-state index contributed by atoms with van der Waals surface area (Å²) >= 11 is 0. The molecule has 34 heavy (non-hydrogen) atoms. The maximum atomic E-state index is 12.7. The van der Waals surface area contributed by atoms with Gasteiger partial charge < -0.3 is 18.9 Å². The van der Waals surface area contributed by atoms with E-state index in [4.69, 9.17) is 18.9 Å². The molecule has 1 aromatic rings. The van der Waals surface area contributed by atoms with Crippen molar-refractivity contribution in [3.05, 3.63) is 42.0 Å². The van der Waals surface area contributed by atoms with E-state index in [1.165, 1.54) is 6.08 Å². The molecule has 0 bridgehead atoms. The van der Waals surface area contributed by atoms with Crippen LogP contribution in [0.1, 0.15) is 58.4 Å². The Balaban J connectivity index is 1.79. The van der Waals surface area contributed by atoms with E-state index in [1.807, 2.05) is 0 Å². The van der Waals surface area contributed by atoms with E-state index in [-0.39, 0.29) is 24.6 Å². The molecule has 2 unspecified atom stereocenters. The summed E-state index contributed by atoms with van der Waals surface area (Å²) in [6, 6.07) is 5.34. The van der Waals surface area contributed by atoms with Crippen molar-refractivity contribution < 1.29 is 33.3 Å². The monoisotopic (exact) mass is 472 g/mol. The maximum absolute atomic E-state index is 12.7. The molecule has 0 amide bonds. The Morgan fingerprint density at radius 2 is 1.76 bits per heavy atom. The minimum absolute atomic E-state index is 0.0287. The number of hydrogen-bond donors (Lipinski definition) is 0. The number of carbonyl (C=O) groups excluding carboxylic acids is 3. The van der Waals surface area contributed by atoms with E-state index < -0.39 is 17.2 Å². The van der Waals surface area contributed by atoms with Gasteiger partial charge in [-0.3, -0.25) is 9.59 Å². The molecule has 2 rings (SSSR count). The summed E-state index contributed by atoms with van der Waals surface area (Å²) in [5.74, 6) is -0.709. The molecule has 0 saturated heterocycles. The van der Waals surface area contributed by atoms with Gasteiger partial charge in [0.1, 0.15) is 24.7 Å². The average molecular weight is 473 g/mol. The molecule has 1 saturated carbocycles. The molecule has 1 aromatic carbocycles. The second-order valence-corrected chi connectivity index (χ2v) is 8.74. The molecule has 0 aliphatic heterocycles. The Kier molecular flexibility index (Phi) is 9.90. The Morgan fingerprint density at radius 3 is 2.38 bits per heavy atom.